The molecule has 0 amide bonds. The summed E-state index contributed by atoms with van der Waals surface area (Å²) in [6.07, 6.45) is 77.6. The quantitative estimate of drug-likeness (QED) is 0.0261. The van der Waals surface area contributed by atoms with Crippen LogP contribution < -0.4 is 0 Å². The first-order chi connectivity index (χ1) is 35.5. The van der Waals surface area contributed by atoms with Gasteiger partial charge in [-0.25, -0.2) is 0 Å². The minimum atomic E-state index is -0.785. The normalized spacial score (nSPS) is 12.5. The van der Waals surface area contributed by atoms with E-state index in [0.29, 0.717) is 19.3 Å². The molecule has 0 N–H and O–H groups in total. The van der Waals surface area contributed by atoms with Crippen molar-refractivity contribution in [3.05, 3.63) is 72.9 Å². The second kappa shape index (κ2) is 60.4. The summed E-state index contributed by atoms with van der Waals surface area (Å²) < 4.78 is 16.9. The summed E-state index contributed by atoms with van der Waals surface area (Å²) in [6, 6.07) is 0. The van der Waals surface area contributed by atoms with E-state index in [9.17, 15) is 14.4 Å². The largest absolute Gasteiger partial charge is 0.462 e. The molecule has 0 spiro atoms. The highest BCUT2D eigenvalue weighted by Crippen LogP contribution is 2.16. The molecule has 0 heterocycles. The molecule has 0 aromatic heterocycles. The number of allylic oxidation sites excluding steroid dienone is 12. The van der Waals surface area contributed by atoms with Gasteiger partial charge in [0.15, 0.2) is 6.10 Å². The van der Waals surface area contributed by atoms with Gasteiger partial charge in [0.05, 0.1) is 0 Å². The highest BCUT2D eigenvalue weighted by atomic mass is 16.6. The van der Waals surface area contributed by atoms with Gasteiger partial charge in [-0.2, -0.15) is 0 Å². The van der Waals surface area contributed by atoms with Crippen LogP contribution in [-0.4, -0.2) is 37.2 Å². The molecule has 0 aliphatic heterocycles. The van der Waals surface area contributed by atoms with Crippen LogP contribution in [0.15, 0.2) is 72.9 Å². The van der Waals surface area contributed by atoms with Crippen LogP contribution in [0.3, 0.4) is 0 Å². The number of rotatable bonds is 56. The number of esters is 3. The molecule has 0 aromatic carbocycles. The smallest absolute Gasteiger partial charge is 0.306 e. The number of unbranched alkanes of at least 4 members (excludes halogenated alkanes) is 33. The van der Waals surface area contributed by atoms with Gasteiger partial charge in [0.2, 0.25) is 0 Å². The Bertz CT molecular complexity index is 1340. The Balaban J connectivity index is 4.30. The molecule has 0 saturated heterocycles. The standard InChI is InChI=1S/C66H116O6/c1-4-7-10-13-16-19-22-25-27-29-30-31-32-33-34-35-36-38-39-41-44-47-50-53-56-59-65(68)71-62-63(61-70-64(67)58-55-52-49-46-43-24-21-18-15-12-9-6-3)72-66(69)60-57-54-51-48-45-42-40-37-28-26-23-20-17-14-11-8-5-2/h17-18,20-22,25-26,28-30,32-33,63H,4-16,19,23-24,27,31,34-62H2,1-3H3/b20-17-,21-18-,25-22-,28-26-,30-29-,33-32-. The maximum atomic E-state index is 12.9. The van der Waals surface area contributed by atoms with E-state index in [1.54, 1.807) is 0 Å². The molecule has 0 saturated carbocycles. The zero-order valence-electron chi connectivity index (χ0n) is 47.7. The van der Waals surface area contributed by atoms with Crippen LogP contribution in [0.1, 0.15) is 310 Å². The molecule has 0 aliphatic carbocycles. The fraction of sp³-hybridized carbons (Fsp3) is 0.773. The molecule has 0 bridgehead atoms. The molecule has 6 heteroatoms. The van der Waals surface area contributed by atoms with Crippen molar-refractivity contribution < 1.29 is 28.6 Å². The van der Waals surface area contributed by atoms with Gasteiger partial charge in [-0.1, -0.05) is 248 Å². The molecule has 1 unspecified atom stereocenters. The fourth-order valence-corrected chi connectivity index (χ4v) is 8.71. The lowest BCUT2D eigenvalue weighted by Gasteiger charge is -2.18. The van der Waals surface area contributed by atoms with Crippen LogP contribution in [0.2, 0.25) is 0 Å². The van der Waals surface area contributed by atoms with E-state index in [-0.39, 0.29) is 31.1 Å². The summed E-state index contributed by atoms with van der Waals surface area (Å²) in [5.41, 5.74) is 0. The van der Waals surface area contributed by atoms with Crippen LogP contribution in [-0.2, 0) is 28.6 Å². The van der Waals surface area contributed by atoms with E-state index >= 15 is 0 Å². The highest BCUT2D eigenvalue weighted by molar-refractivity contribution is 5.71. The number of hydrogen-bond donors (Lipinski definition) is 0. The minimum Gasteiger partial charge on any atom is -0.462 e. The molecular formula is C66H116O6. The molecule has 0 rings (SSSR count). The summed E-state index contributed by atoms with van der Waals surface area (Å²) in [5.74, 6) is -0.893. The Morgan fingerprint density at radius 2 is 0.500 bits per heavy atom. The molecule has 0 fully saturated rings. The second-order valence-electron chi connectivity index (χ2n) is 20.6. The molecule has 1 atom stereocenters. The van der Waals surface area contributed by atoms with Crippen molar-refractivity contribution in [1.82, 2.24) is 0 Å². The van der Waals surface area contributed by atoms with Gasteiger partial charge in [-0.05, 0) is 116 Å². The summed E-state index contributed by atoms with van der Waals surface area (Å²) in [5, 5.41) is 0. The number of carbonyl (C=O) groups excluding carboxylic acids is 3. The van der Waals surface area contributed by atoms with Crippen LogP contribution in [0, 0.1) is 0 Å². The zero-order chi connectivity index (χ0) is 52.2. The van der Waals surface area contributed by atoms with Crippen molar-refractivity contribution in [1.29, 1.82) is 0 Å². The average molecular weight is 1010 g/mol. The van der Waals surface area contributed by atoms with E-state index in [2.05, 4.69) is 93.7 Å². The Labute approximate surface area is 446 Å². The van der Waals surface area contributed by atoms with Crippen molar-refractivity contribution in [2.24, 2.45) is 0 Å². The van der Waals surface area contributed by atoms with Gasteiger partial charge in [-0.15, -0.1) is 0 Å². The number of hydrogen-bond acceptors (Lipinski definition) is 6. The lowest BCUT2D eigenvalue weighted by molar-refractivity contribution is -0.167. The second-order valence-corrected chi connectivity index (χ2v) is 20.6. The molecule has 0 aromatic rings. The van der Waals surface area contributed by atoms with Gasteiger partial charge in [0, 0.05) is 19.3 Å². The Morgan fingerprint density at radius 3 is 0.819 bits per heavy atom. The van der Waals surface area contributed by atoms with E-state index < -0.39 is 6.10 Å². The number of ether oxygens (including phenoxy) is 3. The maximum Gasteiger partial charge on any atom is 0.306 e. The fourth-order valence-electron chi connectivity index (χ4n) is 8.71. The Kier molecular flexibility index (Phi) is 57.8. The van der Waals surface area contributed by atoms with Crippen molar-refractivity contribution in [2.75, 3.05) is 13.2 Å². The molecule has 6 nitrogen and oxygen atoms in total. The first-order valence-corrected chi connectivity index (χ1v) is 30.9. The van der Waals surface area contributed by atoms with Crippen LogP contribution in [0.4, 0.5) is 0 Å². The predicted molar refractivity (Wildman–Crippen MR) is 311 cm³/mol. The summed E-state index contributed by atoms with van der Waals surface area (Å²) in [7, 11) is 0. The topological polar surface area (TPSA) is 78.9 Å². The van der Waals surface area contributed by atoms with Crippen LogP contribution in [0.5, 0.6) is 0 Å². The highest BCUT2D eigenvalue weighted by Gasteiger charge is 2.19. The molecule has 0 radical (unpaired) electrons. The van der Waals surface area contributed by atoms with Gasteiger partial charge < -0.3 is 14.2 Å². The van der Waals surface area contributed by atoms with E-state index in [1.807, 2.05) is 0 Å². The third kappa shape index (κ3) is 57.7. The molecule has 0 aliphatic rings. The van der Waals surface area contributed by atoms with E-state index in [0.717, 1.165) is 89.9 Å². The van der Waals surface area contributed by atoms with Gasteiger partial charge >= 0.3 is 17.9 Å². The van der Waals surface area contributed by atoms with Crippen molar-refractivity contribution >= 4 is 17.9 Å². The third-order valence-electron chi connectivity index (χ3n) is 13.4. The summed E-state index contributed by atoms with van der Waals surface area (Å²) in [6.45, 7) is 6.59. The Morgan fingerprint density at radius 1 is 0.278 bits per heavy atom. The van der Waals surface area contributed by atoms with Gasteiger partial charge in [-0.3, -0.25) is 14.4 Å². The molecule has 416 valence electrons. The summed E-state index contributed by atoms with van der Waals surface area (Å²) in [4.78, 5) is 38.2. The first kappa shape index (κ1) is 68.8. The van der Waals surface area contributed by atoms with Crippen LogP contribution >= 0.6 is 0 Å². The average Bonchev–Trinajstić information content (AvgIpc) is 3.38. The van der Waals surface area contributed by atoms with Crippen molar-refractivity contribution in [3.8, 4) is 0 Å². The van der Waals surface area contributed by atoms with Gasteiger partial charge in [0.1, 0.15) is 13.2 Å². The van der Waals surface area contributed by atoms with Crippen molar-refractivity contribution in [3.63, 3.8) is 0 Å². The number of carbonyl (C=O) groups is 3. The van der Waals surface area contributed by atoms with E-state index in [1.165, 1.54) is 180 Å². The van der Waals surface area contributed by atoms with Gasteiger partial charge in [0.25, 0.3) is 0 Å². The lowest BCUT2D eigenvalue weighted by Crippen LogP contribution is -2.30. The minimum absolute atomic E-state index is 0.0824. The predicted octanol–water partition coefficient (Wildman–Crippen LogP) is 20.9. The molecule has 72 heavy (non-hydrogen) atoms. The lowest BCUT2D eigenvalue weighted by atomic mass is 10.1. The first-order valence-electron chi connectivity index (χ1n) is 30.9. The maximum absolute atomic E-state index is 12.9. The molecular weight excluding hydrogens is 889 g/mol. The zero-order valence-corrected chi connectivity index (χ0v) is 47.7. The Hall–Kier alpha value is -3.15. The van der Waals surface area contributed by atoms with Crippen molar-refractivity contribution in [2.45, 2.75) is 316 Å². The van der Waals surface area contributed by atoms with E-state index in [4.69, 9.17) is 14.2 Å². The third-order valence-corrected chi connectivity index (χ3v) is 13.4. The summed E-state index contributed by atoms with van der Waals surface area (Å²) >= 11 is 0. The van der Waals surface area contributed by atoms with Crippen LogP contribution in [0.25, 0.3) is 0 Å². The SMILES string of the molecule is CCCCC/C=C\C/C=C\CCCCCCCCCC(=O)OC(COC(=O)CCCCCCC/C=C\CCCCC)COC(=O)CCCCCCCCCCCC/C=C\C/C=C\C/C=C\CCCCCCC. The monoisotopic (exact) mass is 1000 g/mol.